The Morgan fingerprint density at radius 1 is 1.28 bits per heavy atom. The van der Waals surface area contributed by atoms with Crippen molar-refractivity contribution in [3.8, 4) is 11.4 Å². The van der Waals surface area contributed by atoms with E-state index in [1.54, 1.807) is 7.11 Å². The average Bonchev–Trinajstić information content (AvgIpc) is 2.82. The summed E-state index contributed by atoms with van der Waals surface area (Å²) in [5, 5.41) is 0. The van der Waals surface area contributed by atoms with Crippen molar-refractivity contribution in [2.75, 3.05) is 12.8 Å². The molecule has 0 unspecified atom stereocenters. The zero-order chi connectivity index (χ0) is 12.5. The molecule has 4 heteroatoms. The highest BCUT2D eigenvalue weighted by Crippen LogP contribution is 2.28. The SMILES string of the molecule is COc1ccc(-n2cnc3c2CCCC3)c(N)c1. The first-order valence-electron chi connectivity index (χ1n) is 6.28. The van der Waals surface area contributed by atoms with Gasteiger partial charge in [-0.25, -0.2) is 4.98 Å². The lowest BCUT2D eigenvalue weighted by atomic mass is 10.0. The van der Waals surface area contributed by atoms with E-state index in [2.05, 4.69) is 9.55 Å². The first-order valence-corrected chi connectivity index (χ1v) is 6.28. The number of rotatable bonds is 2. The van der Waals surface area contributed by atoms with Gasteiger partial charge in [0, 0.05) is 11.8 Å². The summed E-state index contributed by atoms with van der Waals surface area (Å²) in [6.45, 7) is 0. The maximum absolute atomic E-state index is 6.09. The summed E-state index contributed by atoms with van der Waals surface area (Å²) in [5.74, 6) is 0.783. The van der Waals surface area contributed by atoms with Crippen LogP contribution in [0.3, 0.4) is 0 Å². The van der Waals surface area contributed by atoms with E-state index in [0.717, 1.165) is 30.0 Å². The highest BCUT2D eigenvalue weighted by molar-refractivity contribution is 5.61. The second-order valence-electron chi connectivity index (χ2n) is 4.64. The van der Waals surface area contributed by atoms with Crippen LogP contribution in [-0.4, -0.2) is 16.7 Å². The Hall–Kier alpha value is -1.97. The molecule has 0 saturated heterocycles. The topological polar surface area (TPSA) is 53.1 Å². The van der Waals surface area contributed by atoms with Crippen molar-refractivity contribution >= 4 is 5.69 Å². The number of anilines is 1. The van der Waals surface area contributed by atoms with E-state index in [0.29, 0.717) is 0 Å². The molecule has 0 amide bonds. The molecule has 2 N–H and O–H groups in total. The molecule has 94 valence electrons. The lowest BCUT2D eigenvalue weighted by molar-refractivity contribution is 0.415. The Kier molecular flexibility index (Phi) is 2.70. The number of ether oxygens (including phenoxy) is 1. The molecule has 3 rings (SSSR count). The lowest BCUT2D eigenvalue weighted by Crippen LogP contribution is -2.08. The van der Waals surface area contributed by atoms with Crippen LogP contribution in [0.2, 0.25) is 0 Å². The monoisotopic (exact) mass is 243 g/mol. The second kappa shape index (κ2) is 4.37. The number of hydrogen-bond donors (Lipinski definition) is 1. The number of methoxy groups -OCH3 is 1. The fourth-order valence-electron chi connectivity index (χ4n) is 2.56. The molecule has 2 aromatic rings. The van der Waals surface area contributed by atoms with Crippen molar-refractivity contribution < 1.29 is 4.74 Å². The van der Waals surface area contributed by atoms with Gasteiger partial charge in [-0.15, -0.1) is 0 Å². The van der Waals surface area contributed by atoms with Crippen LogP contribution in [-0.2, 0) is 12.8 Å². The third kappa shape index (κ3) is 1.74. The smallest absolute Gasteiger partial charge is 0.121 e. The molecule has 0 saturated carbocycles. The molecule has 1 aromatic heterocycles. The molecule has 0 atom stereocenters. The molecule has 0 aliphatic heterocycles. The molecule has 1 aliphatic rings. The molecule has 1 aromatic carbocycles. The third-order valence-electron chi connectivity index (χ3n) is 3.52. The molecule has 0 radical (unpaired) electrons. The first kappa shape index (κ1) is 11.1. The van der Waals surface area contributed by atoms with Gasteiger partial charge in [0.25, 0.3) is 0 Å². The van der Waals surface area contributed by atoms with Gasteiger partial charge in [-0.1, -0.05) is 0 Å². The molecule has 1 heterocycles. The Bertz CT molecular complexity index is 574. The Labute approximate surface area is 106 Å². The molecule has 0 spiro atoms. The van der Waals surface area contributed by atoms with E-state index < -0.39 is 0 Å². The van der Waals surface area contributed by atoms with Crippen LogP contribution in [0.5, 0.6) is 5.75 Å². The molecular formula is C14H17N3O. The Morgan fingerprint density at radius 3 is 2.89 bits per heavy atom. The van der Waals surface area contributed by atoms with Crippen LogP contribution in [0.15, 0.2) is 24.5 Å². The number of fused-ring (bicyclic) bond motifs is 1. The molecule has 0 fully saturated rings. The molecule has 18 heavy (non-hydrogen) atoms. The summed E-state index contributed by atoms with van der Waals surface area (Å²) >= 11 is 0. The van der Waals surface area contributed by atoms with Crippen LogP contribution >= 0.6 is 0 Å². The normalized spacial score (nSPS) is 14.3. The van der Waals surface area contributed by atoms with Crippen LogP contribution < -0.4 is 10.5 Å². The van der Waals surface area contributed by atoms with Gasteiger partial charge in [0.2, 0.25) is 0 Å². The maximum atomic E-state index is 6.09. The zero-order valence-electron chi connectivity index (χ0n) is 10.5. The number of nitrogen functional groups attached to an aromatic ring is 1. The van der Waals surface area contributed by atoms with E-state index in [9.17, 15) is 0 Å². The van der Waals surface area contributed by atoms with E-state index in [4.69, 9.17) is 10.5 Å². The number of benzene rings is 1. The number of aryl methyl sites for hydroxylation is 1. The highest BCUT2D eigenvalue weighted by atomic mass is 16.5. The molecule has 4 nitrogen and oxygen atoms in total. The van der Waals surface area contributed by atoms with Gasteiger partial charge < -0.3 is 15.0 Å². The number of aromatic nitrogens is 2. The largest absolute Gasteiger partial charge is 0.497 e. The summed E-state index contributed by atoms with van der Waals surface area (Å²) in [5.41, 5.74) is 10.3. The van der Waals surface area contributed by atoms with Crippen molar-refractivity contribution in [1.82, 2.24) is 9.55 Å². The quantitative estimate of drug-likeness (QED) is 0.824. The molecular weight excluding hydrogens is 226 g/mol. The van der Waals surface area contributed by atoms with Gasteiger partial charge in [0.05, 0.1) is 30.5 Å². The Morgan fingerprint density at radius 2 is 2.11 bits per heavy atom. The number of nitrogens with two attached hydrogens (primary N) is 1. The second-order valence-corrected chi connectivity index (χ2v) is 4.64. The van der Waals surface area contributed by atoms with E-state index in [1.165, 1.54) is 24.2 Å². The standard InChI is InChI=1S/C14H17N3O/c1-18-10-6-7-13(11(15)8-10)17-9-16-12-4-2-3-5-14(12)17/h6-9H,2-5,15H2,1H3. The highest BCUT2D eigenvalue weighted by Gasteiger charge is 2.17. The van der Waals surface area contributed by atoms with E-state index in [1.807, 2.05) is 24.5 Å². The van der Waals surface area contributed by atoms with Gasteiger partial charge in [-0.05, 0) is 37.8 Å². The van der Waals surface area contributed by atoms with Crippen molar-refractivity contribution in [2.24, 2.45) is 0 Å². The Balaban J connectivity index is 2.07. The summed E-state index contributed by atoms with van der Waals surface area (Å²) in [4.78, 5) is 4.49. The van der Waals surface area contributed by atoms with Crippen molar-refractivity contribution in [3.63, 3.8) is 0 Å². The van der Waals surface area contributed by atoms with E-state index >= 15 is 0 Å². The predicted molar refractivity (Wildman–Crippen MR) is 71.2 cm³/mol. The fourth-order valence-corrected chi connectivity index (χ4v) is 2.56. The lowest BCUT2D eigenvalue weighted by Gasteiger charge is -2.15. The number of hydrogen-bond acceptors (Lipinski definition) is 3. The van der Waals surface area contributed by atoms with Gasteiger partial charge >= 0.3 is 0 Å². The maximum Gasteiger partial charge on any atom is 0.121 e. The summed E-state index contributed by atoms with van der Waals surface area (Å²) in [6.07, 6.45) is 6.52. The summed E-state index contributed by atoms with van der Waals surface area (Å²) < 4.78 is 7.29. The van der Waals surface area contributed by atoms with Gasteiger partial charge in [0.15, 0.2) is 0 Å². The van der Waals surface area contributed by atoms with Crippen LogP contribution in [0.25, 0.3) is 5.69 Å². The summed E-state index contributed by atoms with van der Waals surface area (Å²) in [6, 6.07) is 5.77. The van der Waals surface area contributed by atoms with Crippen molar-refractivity contribution in [3.05, 3.63) is 35.9 Å². The van der Waals surface area contributed by atoms with Crippen LogP contribution in [0.4, 0.5) is 5.69 Å². The minimum atomic E-state index is 0.722. The number of nitrogens with zero attached hydrogens (tertiary/aromatic N) is 2. The van der Waals surface area contributed by atoms with E-state index in [-0.39, 0.29) is 0 Å². The fraction of sp³-hybridized carbons (Fsp3) is 0.357. The van der Waals surface area contributed by atoms with Gasteiger partial charge in [-0.2, -0.15) is 0 Å². The van der Waals surface area contributed by atoms with Crippen LogP contribution in [0, 0.1) is 0 Å². The van der Waals surface area contributed by atoms with Gasteiger partial charge in [-0.3, -0.25) is 0 Å². The summed E-state index contributed by atoms with van der Waals surface area (Å²) in [7, 11) is 1.65. The zero-order valence-corrected chi connectivity index (χ0v) is 10.5. The average molecular weight is 243 g/mol. The first-order chi connectivity index (χ1) is 8.79. The van der Waals surface area contributed by atoms with Crippen molar-refractivity contribution in [2.45, 2.75) is 25.7 Å². The minimum Gasteiger partial charge on any atom is -0.497 e. The van der Waals surface area contributed by atoms with Crippen LogP contribution in [0.1, 0.15) is 24.2 Å². The number of imidazole rings is 1. The van der Waals surface area contributed by atoms with Gasteiger partial charge in [0.1, 0.15) is 5.75 Å². The third-order valence-corrected chi connectivity index (χ3v) is 3.52. The minimum absolute atomic E-state index is 0.722. The molecule has 1 aliphatic carbocycles. The predicted octanol–water partition coefficient (Wildman–Crippen LogP) is 2.34. The molecule has 0 bridgehead atoms. The van der Waals surface area contributed by atoms with Crippen molar-refractivity contribution in [1.29, 1.82) is 0 Å².